The number of hydrogen-bond donors (Lipinski definition) is 0. The van der Waals surface area contributed by atoms with Gasteiger partial charge in [0, 0.05) is 25.1 Å². The summed E-state index contributed by atoms with van der Waals surface area (Å²) in [5, 5.41) is 4.39. The second kappa shape index (κ2) is 6.16. The van der Waals surface area contributed by atoms with Crippen molar-refractivity contribution in [2.75, 3.05) is 6.54 Å². The summed E-state index contributed by atoms with van der Waals surface area (Å²) in [6.45, 7) is 5.45. The molecule has 126 valence electrons. The third kappa shape index (κ3) is 2.82. The molecule has 1 amide bonds. The lowest BCUT2D eigenvalue weighted by Gasteiger charge is -2.16. The van der Waals surface area contributed by atoms with E-state index in [0.717, 1.165) is 28.2 Å². The Hall–Kier alpha value is -2.95. The Morgan fingerprint density at radius 1 is 1.12 bits per heavy atom. The van der Waals surface area contributed by atoms with E-state index in [2.05, 4.69) is 42.1 Å². The minimum atomic E-state index is 0.105. The van der Waals surface area contributed by atoms with Gasteiger partial charge in [0.2, 0.25) is 0 Å². The average molecular weight is 332 g/mol. The summed E-state index contributed by atoms with van der Waals surface area (Å²) < 4.78 is 1.88. The fraction of sp³-hybridized carbons (Fsp3) is 0.250. The standard InChI is InChI=1S/C20H20N4O/c1-14-7-8-15(2)18(11-14)24-19(21-13-22-24)9-10-23-12-16-5-3-4-6-17(16)20(23)25/h3-8,11,13H,9-10,12H2,1-2H3. The monoisotopic (exact) mass is 332 g/mol. The van der Waals surface area contributed by atoms with Gasteiger partial charge in [-0.1, -0.05) is 30.3 Å². The van der Waals surface area contributed by atoms with Crippen LogP contribution in [0.2, 0.25) is 0 Å². The molecule has 0 saturated carbocycles. The van der Waals surface area contributed by atoms with Gasteiger partial charge in [-0.15, -0.1) is 0 Å². The maximum absolute atomic E-state index is 12.5. The zero-order chi connectivity index (χ0) is 17.4. The third-order valence-electron chi connectivity index (χ3n) is 4.71. The molecular formula is C20H20N4O. The van der Waals surface area contributed by atoms with Crippen molar-refractivity contribution >= 4 is 5.91 Å². The summed E-state index contributed by atoms with van der Waals surface area (Å²) in [6.07, 6.45) is 2.25. The quantitative estimate of drug-likeness (QED) is 0.738. The van der Waals surface area contributed by atoms with Gasteiger partial charge < -0.3 is 4.90 Å². The molecule has 1 aliphatic rings. The second-order valence-corrected chi connectivity index (χ2v) is 6.51. The molecule has 5 nitrogen and oxygen atoms in total. The zero-order valence-corrected chi connectivity index (χ0v) is 14.4. The van der Waals surface area contributed by atoms with E-state index in [1.54, 1.807) is 6.33 Å². The molecule has 0 radical (unpaired) electrons. The number of fused-ring (bicyclic) bond motifs is 1. The topological polar surface area (TPSA) is 51.0 Å². The Kier molecular flexibility index (Phi) is 3.84. The van der Waals surface area contributed by atoms with Crippen molar-refractivity contribution in [2.45, 2.75) is 26.8 Å². The fourth-order valence-electron chi connectivity index (χ4n) is 3.31. The predicted molar refractivity (Wildman–Crippen MR) is 95.7 cm³/mol. The van der Waals surface area contributed by atoms with Crippen LogP contribution >= 0.6 is 0 Å². The van der Waals surface area contributed by atoms with Crippen LogP contribution < -0.4 is 0 Å². The van der Waals surface area contributed by atoms with Crippen molar-refractivity contribution in [3.05, 3.63) is 76.9 Å². The number of carbonyl (C=O) groups is 1. The van der Waals surface area contributed by atoms with Crippen LogP contribution in [0.4, 0.5) is 0 Å². The lowest BCUT2D eigenvalue weighted by Crippen LogP contribution is -2.27. The smallest absolute Gasteiger partial charge is 0.254 e. The third-order valence-corrected chi connectivity index (χ3v) is 4.71. The lowest BCUT2D eigenvalue weighted by molar-refractivity contribution is 0.0779. The Balaban J connectivity index is 1.53. The first kappa shape index (κ1) is 15.6. The number of rotatable bonds is 4. The van der Waals surface area contributed by atoms with Crippen molar-refractivity contribution in [1.82, 2.24) is 19.7 Å². The molecule has 0 unspecified atom stereocenters. The Morgan fingerprint density at radius 3 is 2.80 bits per heavy atom. The van der Waals surface area contributed by atoms with E-state index in [1.807, 2.05) is 33.8 Å². The summed E-state index contributed by atoms with van der Waals surface area (Å²) in [7, 11) is 0. The summed E-state index contributed by atoms with van der Waals surface area (Å²) >= 11 is 0. The lowest BCUT2D eigenvalue weighted by atomic mass is 10.1. The Labute approximate surface area is 146 Å². The van der Waals surface area contributed by atoms with E-state index in [4.69, 9.17) is 0 Å². The van der Waals surface area contributed by atoms with E-state index in [0.29, 0.717) is 19.5 Å². The van der Waals surface area contributed by atoms with E-state index < -0.39 is 0 Å². The highest BCUT2D eigenvalue weighted by Crippen LogP contribution is 2.23. The van der Waals surface area contributed by atoms with Crippen LogP contribution in [0, 0.1) is 13.8 Å². The molecule has 0 atom stereocenters. The number of benzene rings is 2. The number of aromatic nitrogens is 3. The van der Waals surface area contributed by atoms with Gasteiger partial charge in [-0.25, -0.2) is 9.67 Å². The van der Waals surface area contributed by atoms with Gasteiger partial charge in [-0.2, -0.15) is 5.10 Å². The van der Waals surface area contributed by atoms with Crippen LogP contribution in [0.25, 0.3) is 5.69 Å². The maximum atomic E-state index is 12.5. The van der Waals surface area contributed by atoms with Gasteiger partial charge >= 0.3 is 0 Å². The molecule has 0 N–H and O–H groups in total. The van der Waals surface area contributed by atoms with Gasteiger partial charge in [0.25, 0.3) is 5.91 Å². The van der Waals surface area contributed by atoms with Crippen molar-refractivity contribution in [3.63, 3.8) is 0 Å². The van der Waals surface area contributed by atoms with Gasteiger partial charge in [-0.3, -0.25) is 4.79 Å². The highest BCUT2D eigenvalue weighted by Gasteiger charge is 2.26. The molecule has 25 heavy (non-hydrogen) atoms. The maximum Gasteiger partial charge on any atom is 0.254 e. The van der Waals surface area contributed by atoms with Gasteiger partial charge in [0.15, 0.2) is 0 Å². The number of hydrogen-bond acceptors (Lipinski definition) is 3. The largest absolute Gasteiger partial charge is 0.334 e. The molecule has 0 spiro atoms. The molecule has 0 fully saturated rings. The molecule has 2 heterocycles. The molecule has 1 aromatic heterocycles. The van der Waals surface area contributed by atoms with Crippen LogP contribution in [0.15, 0.2) is 48.8 Å². The van der Waals surface area contributed by atoms with Gasteiger partial charge in [0.05, 0.1) is 5.69 Å². The highest BCUT2D eigenvalue weighted by molar-refractivity contribution is 5.98. The van der Waals surface area contributed by atoms with Gasteiger partial charge in [0.1, 0.15) is 12.2 Å². The molecule has 4 rings (SSSR count). The minimum Gasteiger partial charge on any atom is -0.334 e. The number of aryl methyl sites for hydroxylation is 2. The van der Waals surface area contributed by atoms with E-state index in [1.165, 1.54) is 5.56 Å². The number of nitrogens with zero attached hydrogens (tertiary/aromatic N) is 4. The molecule has 0 aliphatic carbocycles. The molecular weight excluding hydrogens is 312 g/mol. The van der Waals surface area contributed by atoms with Gasteiger partial charge in [-0.05, 0) is 42.7 Å². The SMILES string of the molecule is Cc1ccc(C)c(-n2ncnc2CCN2Cc3ccccc3C2=O)c1. The molecule has 2 aromatic carbocycles. The second-order valence-electron chi connectivity index (χ2n) is 6.51. The molecule has 0 saturated heterocycles. The number of carbonyl (C=O) groups excluding carboxylic acids is 1. The Morgan fingerprint density at radius 2 is 1.96 bits per heavy atom. The van der Waals surface area contributed by atoms with Crippen LogP contribution in [0.1, 0.15) is 32.9 Å². The Bertz CT molecular complexity index is 944. The van der Waals surface area contributed by atoms with Crippen molar-refractivity contribution < 1.29 is 4.79 Å². The normalized spacial score (nSPS) is 13.4. The van der Waals surface area contributed by atoms with Crippen LogP contribution in [0.5, 0.6) is 0 Å². The average Bonchev–Trinajstić information content (AvgIpc) is 3.20. The van der Waals surface area contributed by atoms with Crippen LogP contribution in [-0.2, 0) is 13.0 Å². The first-order valence-corrected chi connectivity index (χ1v) is 8.47. The minimum absolute atomic E-state index is 0.105. The summed E-state index contributed by atoms with van der Waals surface area (Å²) in [6, 6.07) is 14.1. The summed E-state index contributed by atoms with van der Waals surface area (Å²) in [5.41, 5.74) is 5.31. The van der Waals surface area contributed by atoms with Crippen molar-refractivity contribution in [2.24, 2.45) is 0 Å². The van der Waals surface area contributed by atoms with E-state index in [-0.39, 0.29) is 5.91 Å². The molecule has 3 aromatic rings. The zero-order valence-electron chi connectivity index (χ0n) is 14.4. The fourth-order valence-corrected chi connectivity index (χ4v) is 3.31. The van der Waals surface area contributed by atoms with E-state index in [9.17, 15) is 4.79 Å². The highest BCUT2D eigenvalue weighted by atomic mass is 16.2. The van der Waals surface area contributed by atoms with Crippen molar-refractivity contribution in [1.29, 1.82) is 0 Å². The summed E-state index contributed by atoms with van der Waals surface area (Å²) in [5.74, 6) is 0.978. The summed E-state index contributed by atoms with van der Waals surface area (Å²) in [4.78, 5) is 18.8. The van der Waals surface area contributed by atoms with E-state index >= 15 is 0 Å². The first-order valence-electron chi connectivity index (χ1n) is 8.47. The predicted octanol–water partition coefficient (Wildman–Crippen LogP) is 3.08. The van der Waals surface area contributed by atoms with Crippen LogP contribution in [-0.4, -0.2) is 32.1 Å². The molecule has 1 aliphatic heterocycles. The molecule has 5 heteroatoms. The van der Waals surface area contributed by atoms with Crippen molar-refractivity contribution in [3.8, 4) is 5.69 Å². The number of amides is 1. The van der Waals surface area contributed by atoms with Crippen LogP contribution in [0.3, 0.4) is 0 Å². The molecule has 0 bridgehead atoms. The first-order chi connectivity index (χ1) is 12.1.